The molecule has 0 aliphatic rings. The minimum absolute atomic E-state index is 0.185. The number of oxazole rings is 1. The molecule has 1 atom stereocenters. The average molecular weight is 386 g/mol. The van der Waals surface area contributed by atoms with Crippen molar-refractivity contribution in [1.29, 1.82) is 0 Å². The Balaban J connectivity index is 1.69. The van der Waals surface area contributed by atoms with Gasteiger partial charge in [0.25, 0.3) is 0 Å². The molecule has 0 aliphatic heterocycles. The van der Waals surface area contributed by atoms with E-state index in [1.807, 2.05) is 60.6 Å². The average Bonchev–Trinajstić information content (AvgIpc) is 3.22. The summed E-state index contributed by atoms with van der Waals surface area (Å²) in [5.74, 6) is 3.19. The highest BCUT2D eigenvalue weighted by atomic mass is 32.2. The van der Waals surface area contributed by atoms with Gasteiger partial charge in [0.15, 0.2) is 24.7 Å². The van der Waals surface area contributed by atoms with Gasteiger partial charge in [0.05, 0.1) is 25.2 Å². The van der Waals surface area contributed by atoms with Crippen molar-refractivity contribution in [1.82, 2.24) is 4.98 Å². The number of hydrogen-bond acceptors (Lipinski definition) is 5. The molecule has 6 heteroatoms. The van der Waals surface area contributed by atoms with Gasteiger partial charge in [-0.3, -0.25) is 0 Å². The summed E-state index contributed by atoms with van der Waals surface area (Å²) in [7, 11) is 1.65. The number of methoxy groups -OCH3 is 1. The monoisotopic (exact) mass is 385 g/mol. The molecule has 0 spiro atoms. The third-order valence-electron chi connectivity index (χ3n) is 4.19. The first kappa shape index (κ1) is 19.5. The van der Waals surface area contributed by atoms with Crippen LogP contribution in [0.3, 0.4) is 0 Å². The first-order chi connectivity index (χ1) is 13.2. The zero-order chi connectivity index (χ0) is 19.1. The topological polar surface area (TPSA) is 59.4 Å². The highest BCUT2D eigenvalue weighted by Crippen LogP contribution is 2.27. The van der Waals surface area contributed by atoms with E-state index >= 15 is 0 Å². The van der Waals surface area contributed by atoms with Crippen LogP contribution in [0.1, 0.15) is 13.3 Å². The molecule has 3 aromatic rings. The first-order valence-corrected chi connectivity index (χ1v) is 10.1. The number of nitrogens with zero attached hydrogens (tertiary/aromatic N) is 2. The van der Waals surface area contributed by atoms with Gasteiger partial charge in [-0.1, -0.05) is 6.92 Å². The molecule has 0 amide bonds. The Morgan fingerprint density at radius 2 is 1.89 bits per heavy atom. The third kappa shape index (κ3) is 5.11. The lowest BCUT2D eigenvalue weighted by molar-refractivity contribution is -0.696. The molecular weight excluding hydrogens is 360 g/mol. The quantitative estimate of drug-likeness (QED) is 0.568. The first-order valence-electron chi connectivity index (χ1n) is 9.05. The molecule has 3 rings (SSSR count). The minimum atomic E-state index is 0.185. The second-order valence-corrected chi connectivity index (χ2v) is 7.63. The normalized spacial score (nSPS) is 12.1. The van der Waals surface area contributed by atoms with Crippen molar-refractivity contribution >= 4 is 11.8 Å². The summed E-state index contributed by atoms with van der Waals surface area (Å²) in [5.41, 5.74) is 1.88. The van der Waals surface area contributed by atoms with Crippen LogP contribution in [0.5, 0.6) is 5.75 Å². The van der Waals surface area contributed by atoms with Gasteiger partial charge in [-0.25, -0.2) is 9.55 Å². The van der Waals surface area contributed by atoms with Gasteiger partial charge in [0.2, 0.25) is 5.89 Å². The number of rotatable bonds is 9. The summed E-state index contributed by atoms with van der Waals surface area (Å²) in [6.07, 6.45) is 6.86. The van der Waals surface area contributed by atoms with Crippen molar-refractivity contribution in [2.45, 2.75) is 25.1 Å². The van der Waals surface area contributed by atoms with Gasteiger partial charge in [-0.05, 0) is 36.4 Å². The summed E-state index contributed by atoms with van der Waals surface area (Å²) in [6, 6.07) is 11.7. The van der Waals surface area contributed by atoms with Crippen molar-refractivity contribution < 1.29 is 18.8 Å². The van der Waals surface area contributed by atoms with Crippen molar-refractivity contribution in [2.24, 2.45) is 0 Å². The molecule has 0 aliphatic carbocycles. The smallest absolute Gasteiger partial charge is 0.227 e. The van der Waals surface area contributed by atoms with E-state index in [4.69, 9.17) is 9.15 Å². The van der Waals surface area contributed by atoms with Gasteiger partial charge < -0.3 is 14.3 Å². The van der Waals surface area contributed by atoms with Crippen LogP contribution in [0.15, 0.2) is 59.4 Å². The standard InChI is InChI=1S/C21H25N2O3S/c1-3-12-27-19(15-24)14-23-10-8-17(9-11-23)21-22-13-20(26-21)16-4-6-18(25-2)7-5-16/h4-11,13,19,24H,3,12,14-15H2,1-2H3/q+1. The Morgan fingerprint density at radius 1 is 1.15 bits per heavy atom. The van der Waals surface area contributed by atoms with E-state index in [0.29, 0.717) is 5.89 Å². The van der Waals surface area contributed by atoms with E-state index in [-0.39, 0.29) is 11.9 Å². The summed E-state index contributed by atoms with van der Waals surface area (Å²) < 4.78 is 13.2. The Hall–Kier alpha value is -2.31. The molecule has 0 saturated heterocycles. The maximum Gasteiger partial charge on any atom is 0.227 e. The summed E-state index contributed by atoms with van der Waals surface area (Å²) >= 11 is 1.81. The Morgan fingerprint density at radius 3 is 2.52 bits per heavy atom. The second-order valence-electron chi connectivity index (χ2n) is 6.22. The zero-order valence-electron chi connectivity index (χ0n) is 15.7. The van der Waals surface area contributed by atoms with Gasteiger partial charge in [0.1, 0.15) is 5.75 Å². The number of aromatic nitrogens is 2. The molecule has 1 aromatic carbocycles. The zero-order valence-corrected chi connectivity index (χ0v) is 16.5. The Labute approximate surface area is 164 Å². The molecule has 0 radical (unpaired) electrons. The summed E-state index contributed by atoms with van der Waals surface area (Å²) in [4.78, 5) is 4.40. The van der Waals surface area contributed by atoms with Crippen LogP contribution in [0.25, 0.3) is 22.8 Å². The van der Waals surface area contributed by atoms with E-state index in [1.54, 1.807) is 13.3 Å². The Bertz CT molecular complexity index is 831. The summed E-state index contributed by atoms with van der Waals surface area (Å²) in [5, 5.41) is 9.74. The van der Waals surface area contributed by atoms with E-state index in [9.17, 15) is 5.11 Å². The molecule has 142 valence electrons. The van der Waals surface area contributed by atoms with Crippen LogP contribution in [-0.4, -0.2) is 34.8 Å². The van der Waals surface area contributed by atoms with Crippen LogP contribution in [0.2, 0.25) is 0 Å². The molecule has 2 heterocycles. The van der Waals surface area contributed by atoms with Crippen molar-refractivity contribution in [3.63, 3.8) is 0 Å². The number of benzene rings is 1. The van der Waals surface area contributed by atoms with Crippen molar-refractivity contribution in [3.8, 4) is 28.5 Å². The molecule has 2 aromatic heterocycles. The molecular formula is C21H25N2O3S+. The fraction of sp³-hybridized carbons (Fsp3) is 0.333. The second kappa shape index (κ2) is 9.58. The lowest BCUT2D eigenvalue weighted by Gasteiger charge is -2.09. The third-order valence-corrected chi connectivity index (χ3v) is 5.61. The lowest BCUT2D eigenvalue weighted by Crippen LogP contribution is -2.39. The highest BCUT2D eigenvalue weighted by Gasteiger charge is 2.15. The number of hydrogen-bond donors (Lipinski definition) is 1. The number of ether oxygens (including phenoxy) is 1. The molecule has 1 unspecified atom stereocenters. The molecule has 1 N–H and O–H groups in total. The maximum absolute atomic E-state index is 9.52. The van der Waals surface area contributed by atoms with Crippen LogP contribution in [0.4, 0.5) is 0 Å². The van der Waals surface area contributed by atoms with Gasteiger partial charge in [0, 0.05) is 23.3 Å². The van der Waals surface area contributed by atoms with Crippen LogP contribution in [0, 0.1) is 0 Å². The van der Waals surface area contributed by atoms with E-state index in [0.717, 1.165) is 41.4 Å². The molecule has 0 fully saturated rings. The predicted molar refractivity (Wildman–Crippen MR) is 108 cm³/mol. The SMILES string of the molecule is CCCSC(CO)C[n+]1ccc(-c2ncc(-c3ccc(OC)cc3)o2)cc1. The van der Waals surface area contributed by atoms with Gasteiger partial charge >= 0.3 is 0 Å². The summed E-state index contributed by atoms with van der Waals surface area (Å²) in [6.45, 7) is 3.12. The van der Waals surface area contributed by atoms with Crippen molar-refractivity contribution in [3.05, 3.63) is 55.0 Å². The maximum atomic E-state index is 9.52. The fourth-order valence-corrected chi connectivity index (χ4v) is 3.65. The molecule has 27 heavy (non-hydrogen) atoms. The molecule has 0 saturated carbocycles. The number of aliphatic hydroxyl groups is 1. The van der Waals surface area contributed by atoms with Crippen molar-refractivity contribution in [2.75, 3.05) is 19.5 Å². The largest absolute Gasteiger partial charge is 0.497 e. The Kier molecular flexibility index (Phi) is 6.90. The minimum Gasteiger partial charge on any atom is -0.497 e. The highest BCUT2D eigenvalue weighted by molar-refractivity contribution is 7.99. The van der Waals surface area contributed by atoms with Crippen LogP contribution in [-0.2, 0) is 6.54 Å². The van der Waals surface area contributed by atoms with Crippen LogP contribution >= 0.6 is 11.8 Å². The molecule has 0 bridgehead atoms. The van der Waals surface area contributed by atoms with Gasteiger partial charge in [-0.2, -0.15) is 0 Å². The fourth-order valence-electron chi connectivity index (χ4n) is 2.70. The molecule has 5 nitrogen and oxygen atoms in total. The van der Waals surface area contributed by atoms with E-state index in [1.165, 1.54) is 0 Å². The van der Waals surface area contributed by atoms with Crippen LogP contribution < -0.4 is 9.30 Å². The predicted octanol–water partition coefficient (Wildman–Crippen LogP) is 3.81. The number of aliphatic hydroxyl groups excluding tert-OH is 1. The van der Waals surface area contributed by atoms with Gasteiger partial charge in [-0.15, -0.1) is 11.8 Å². The van der Waals surface area contributed by atoms with E-state index in [2.05, 4.69) is 16.5 Å². The lowest BCUT2D eigenvalue weighted by atomic mass is 10.2. The number of thioether (sulfide) groups is 1. The number of pyridine rings is 1. The van der Waals surface area contributed by atoms with E-state index < -0.39 is 0 Å².